The maximum atomic E-state index is 9.44. The Kier molecular flexibility index (Phi) is 3.24. The van der Waals surface area contributed by atoms with Crippen LogP contribution in [0.25, 0.3) is 0 Å². The third-order valence-electron chi connectivity index (χ3n) is 1.67. The second kappa shape index (κ2) is 4.22. The fraction of sp³-hybridized carbons (Fsp3) is 0.100. The van der Waals surface area contributed by atoms with Gasteiger partial charge in [0.15, 0.2) is 0 Å². The topological polar surface area (TPSA) is 44.0 Å². The molecule has 0 aliphatic carbocycles. The molecule has 66 valence electrons. The monoisotopic (exact) mass is 237 g/mol. The first kappa shape index (κ1) is 9.97. The minimum atomic E-state index is -0.692. The molecule has 0 saturated heterocycles. The molecule has 1 rings (SSSR count). The molecule has 1 aromatic carbocycles. The minimum Gasteiger partial charge on any atom is -0.384 e. The predicted molar refractivity (Wildman–Crippen MR) is 54.0 cm³/mol. The van der Waals surface area contributed by atoms with Crippen LogP contribution in [0.5, 0.6) is 0 Å². The number of aliphatic hydroxyl groups excluding tert-OH is 1. The Balaban J connectivity index is 3.13. The van der Waals surface area contributed by atoms with E-state index in [1.54, 1.807) is 18.2 Å². The summed E-state index contributed by atoms with van der Waals surface area (Å²) in [6, 6.07) is 7.05. The van der Waals surface area contributed by atoms with Crippen molar-refractivity contribution < 1.29 is 5.11 Å². The van der Waals surface area contributed by atoms with Crippen molar-refractivity contribution in [3.63, 3.8) is 0 Å². The molecular weight excluding hydrogens is 230 g/mol. The molecule has 0 saturated carbocycles. The van der Waals surface area contributed by atoms with Gasteiger partial charge in [-0.25, -0.2) is 0 Å². The van der Waals surface area contributed by atoms with Gasteiger partial charge >= 0.3 is 0 Å². The number of aliphatic hydroxyl groups is 1. The summed E-state index contributed by atoms with van der Waals surface area (Å²) in [4.78, 5) is 0. The maximum absolute atomic E-state index is 9.44. The Morgan fingerprint density at radius 3 is 2.77 bits per heavy atom. The highest BCUT2D eigenvalue weighted by molar-refractivity contribution is 9.10. The fourth-order valence-corrected chi connectivity index (χ4v) is 1.58. The third-order valence-corrected chi connectivity index (χ3v) is 2.36. The standard InChI is InChI=1S/C10H8BrNO/c1-2-10(13)8-4-3-7(6-12)5-9(8)11/h2-5,10,13H,1H2. The van der Waals surface area contributed by atoms with Crippen molar-refractivity contribution in [1.82, 2.24) is 0 Å². The Morgan fingerprint density at radius 2 is 2.31 bits per heavy atom. The number of rotatable bonds is 2. The Labute approximate surface area is 85.3 Å². The van der Waals surface area contributed by atoms with Crippen LogP contribution in [0.2, 0.25) is 0 Å². The van der Waals surface area contributed by atoms with E-state index in [9.17, 15) is 5.11 Å². The molecule has 0 bridgehead atoms. The molecule has 1 atom stereocenters. The highest BCUT2D eigenvalue weighted by atomic mass is 79.9. The quantitative estimate of drug-likeness (QED) is 0.804. The molecule has 1 N–H and O–H groups in total. The highest BCUT2D eigenvalue weighted by Crippen LogP contribution is 2.24. The molecular formula is C10H8BrNO. The van der Waals surface area contributed by atoms with Crippen molar-refractivity contribution >= 4 is 15.9 Å². The lowest BCUT2D eigenvalue weighted by atomic mass is 10.1. The summed E-state index contributed by atoms with van der Waals surface area (Å²) in [7, 11) is 0. The Morgan fingerprint density at radius 1 is 1.62 bits per heavy atom. The zero-order chi connectivity index (χ0) is 9.84. The van der Waals surface area contributed by atoms with E-state index in [0.29, 0.717) is 11.1 Å². The average molecular weight is 238 g/mol. The first-order valence-electron chi connectivity index (χ1n) is 3.69. The van der Waals surface area contributed by atoms with Gasteiger partial charge in [0, 0.05) is 4.47 Å². The van der Waals surface area contributed by atoms with Crippen LogP contribution in [0.15, 0.2) is 35.3 Å². The van der Waals surface area contributed by atoms with Gasteiger partial charge in [-0.3, -0.25) is 0 Å². The van der Waals surface area contributed by atoms with E-state index in [1.807, 2.05) is 6.07 Å². The normalized spacial score (nSPS) is 11.8. The summed E-state index contributed by atoms with van der Waals surface area (Å²) in [6.07, 6.45) is 0.744. The lowest BCUT2D eigenvalue weighted by Gasteiger charge is -2.07. The smallest absolute Gasteiger partial charge is 0.0992 e. The minimum absolute atomic E-state index is 0.562. The molecule has 0 aromatic heterocycles. The molecule has 0 spiro atoms. The van der Waals surface area contributed by atoms with Gasteiger partial charge < -0.3 is 5.11 Å². The van der Waals surface area contributed by atoms with Crippen LogP contribution in [0, 0.1) is 11.3 Å². The Hall–Kier alpha value is -1.11. The molecule has 1 aromatic rings. The van der Waals surface area contributed by atoms with Crippen LogP contribution in [0.3, 0.4) is 0 Å². The zero-order valence-corrected chi connectivity index (χ0v) is 8.45. The van der Waals surface area contributed by atoms with Crippen LogP contribution in [0.1, 0.15) is 17.2 Å². The summed E-state index contributed by atoms with van der Waals surface area (Å²) in [6.45, 7) is 3.48. The first-order chi connectivity index (χ1) is 6.19. The van der Waals surface area contributed by atoms with Crippen LogP contribution in [-0.2, 0) is 0 Å². The summed E-state index contributed by atoms with van der Waals surface area (Å²) in [5.41, 5.74) is 1.28. The van der Waals surface area contributed by atoms with Crippen molar-refractivity contribution in [3.8, 4) is 6.07 Å². The molecule has 1 unspecified atom stereocenters. The summed E-state index contributed by atoms with van der Waals surface area (Å²) < 4.78 is 0.721. The molecule has 0 aliphatic heterocycles. The number of hydrogen-bond donors (Lipinski definition) is 1. The van der Waals surface area contributed by atoms with Crippen molar-refractivity contribution in [2.75, 3.05) is 0 Å². The van der Waals surface area contributed by atoms with E-state index < -0.39 is 6.10 Å². The second-order valence-electron chi connectivity index (χ2n) is 2.53. The molecule has 0 heterocycles. The molecule has 0 radical (unpaired) electrons. The van der Waals surface area contributed by atoms with Crippen molar-refractivity contribution in [2.45, 2.75) is 6.10 Å². The zero-order valence-electron chi connectivity index (χ0n) is 6.87. The second-order valence-corrected chi connectivity index (χ2v) is 3.38. The van der Waals surface area contributed by atoms with E-state index in [0.717, 1.165) is 4.47 Å². The molecule has 2 nitrogen and oxygen atoms in total. The van der Waals surface area contributed by atoms with Crippen LogP contribution >= 0.6 is 15.9 Å². The van der Waals surface area contributed by atoms with E-state index in [-0.39, 0.29) is 0 Å². The van der Waals surface area contributed by atoms with Gasteiger partial charge in [-0.15, -0.1) is 6.58 Å². The molecule has 0 amide bonds. The predicted octanol–water partition coefficient (Wildman–Crippen LogP) is 2.54. The van der Waals surface area contributed by atoms with Gasteiger partial charge in [-0.05, 0) is 17.7 Å². The number of benzene rings is 1. The third kappa shape index (κ3) is 2.18. The number of nitriles is 1. The van der Waals surface area contributed by atoms with Crippen LogP contribution in [0.4, 0.5) is 0 Å². The molecule has 0 fully saturated rings. The average Bonchev–Trinajstić information content (AvgIpc) is 2.16. The van der Waals surface area contributed by atoms with Gasteiger partial charge in [-0.2, -0.15) is 5.26 Å². The summed E-state index contributed by atoms with van der Waals surface area (Å²) in [5.74, 6) is 0. The number of nitrogens with zero attached hydrogens (tertiary/aromatic N) is 1. The fourth-order valence-electron chi connectivity index (χ4n) is 0.964. The van der Waals surface area contributed by atoms with Crippen molar-refractivity contribution in [1.29, 1.82) is 5.26 Å². The van der Waals surface area contributed by atoms with E-state index in [1.165, 1.54) is 6.08 Å². The van der Waals surface area contributed by atoms with Gasteiger partial charge in [0.25, 0.3) is 0 Å². The molecule has 13 heavy (non-hydrogen) atoms. The lowest BCUT2D eigenvalue weighted by Crippen LogP contribution is -1.94. The van der Waals surface area contributed by atoms with E-state index in [2.05, 4.69) is 22.5 Å². The van der Waals surface area contributed by atoms with Crippen LogP contribution in [-0.4, -0.2) is 5.11 Å². The molecule has 0 aliphatic rings. The van der Waals surface area contributed by atoms with Gasteiger partial charge in [0.2, 0.25) is 0 Å². The van der Waals surface area contributed by atoms with Crippen molar-refractivity contribution in [3.05, 3.63) is 46.5 Å². The van der Waals surface area contributed by atoms with Gasteiger partial charge in [0.1, 0.15) is 0 Å². The number of hydrogen-bond acceptors (Lipinski definition) is 2. The van der Waals surface area contributed by atoms with E-state index >= 15 is 0 Å². The lowest BCUT2D eigenvalue weighted by molar-refractivity contribution is 0.228. The number of halogens is 1. The maximum Gasteiger partial charge on any atom is 0.0992 e. The van der Waals surface area contributed by atoms with E-state index in [4.69, 9.17) is 5.26 Å². The summed E-state index contributed by atoms with van der Waals surface area (Å²) in [5, 5.41) is 18.0. The van der Waals surface area contributed by atoms with Crippen molar-refractivity contribution in [2.24, 2.45) is 0 Å². The summed E-state index contributed by atoms with van der Waals surface area (Å²) >= 11 is 3.27. The SMILES string of the molecule is C=CC(O)c1ccc(C#N)cc1Br. The van der Waals surface area contributed by atoms with Gasteiger partial charge in [0.05, 0.1) is 17.7 Å². The first-order valence-corrected chi connectivity index (χ1v) is 4.48. The van der Waals surface area contributed by atoms with Gasteiger partial charge in [-0.1, -0.05) is 28.1 Å². The molecule has 3 heteroatoms. The highest BCUT2D eigenvalue weighted by Gasteiger charge is 2.07. The Bertz CT molecular complexity index is 368. The van der Waals surface area contributed by atoms with Crippen LogP contribution < -0.4 is 0 Å². The largest absolute Gasteiger partial charge is 0.384 e.